The Labute approximate surface area is 151 Å². The molecule has 3 aromatic rings. The van der Waals surface area contributed by atoms with E-state index < -0.39 is 5.91 Å². The quantitative estimate of drug-likeness (QED) is 0.553. The number of carbonyl (C=O) groups is 1. The molecule has 0 radical (unpaired) electrons. The summed E-state index contributed by atoms with van der Waals surface area (Å²) >= 11 is 0. The van der Waals surface area contributed by atoms with Gasteiger partial charge in [-0.1, -0.05) is 30.3 Å². The molecule has 0 atom stereocenters. The van der Waals surface area contributed by atoms with Crippen molar-refractivity contribution in [1.82, 2.24) is 10.5 Å². The van der Waals surface area contributed by atoms with E-state index in [0.29, 0.717) is 5.56 Å². The predicted octanol–water partition coefficient (Wildman–Crippen LogP) is 3.47. The Hall–Kier alpha value is -3.31. The van der Waals surface area contributed by atoms with Crippen molar-refractivity contribution in [2.45, 2.75) is 12.8 Å². The third-order valence-electron chi connectivity index (χ3n) is 4.57. The molecule has 0 aliphatic carbocycles. The first-order valence-corrected chi connectivity index (χ1v) is 8.41. The minimum Gasteiger partial charge on any atom is -0.288 e. The maximum absolute atomic E-state index is 11.6. The van der Waals surface area contributed by atoms with Crippen LogP contribution in [0.3, 0.4) is 0 Å². The summed E-state index contributed by atoms with van der Waals surface area (Å²) in [5.41, 5.74) is 8.16. The Morgan fingerprint density at radius 2 is 1.73 bits per heavy atom. The highest BCUT2D eigenvalue weighted by molar-refractivity contribution is 6.15. The second-order valence-corrected chi connectivity index (χ2v) is 6.14. The van der Waals surface area contributed by atoms with Gasteiger partial charge in [-0.3, -0.25) is 15.0 Å². The number of nitrogens with zero attached hydrogens (tertiary/aromatic N) is 2. The number of carbonyl (C=O) groups excluding carboxylic acids is 1. The van der Waals surface area contributed by atoms with Crippen LogP contribution in [0.2, 0.25) is 0 Å². The van der Waals surface area contributed by atoms with E-state index in [0.717, 1.165) is 40.9 Å². The molecule has 2 aromatic carbocycles. The minimum atomic E-state index is -0.536. The van der Waals surface area contributed by atoms with Crippen LogP contribution in [0.1, 0.15) is 32.6 Å². The van der Waals surface area contributed by atoms with E-state index in [4.69, 9.17) is 10.2 Å². The number of pyridine rings is 1. The predicted molar refractivity (Wildman–Crippen MR) is 99.1 cm³/mol. The maximum Gasteiger partial charge on any atom is 0.274 e. The summed E-state index contributed by atoms with van der Waals surface area (Å²) in [5, 5.41) is 8.78. The fourth-order valence-electron chi connectivity index (χ4n) is 3.20. The summed E-state index contributed by atoms with van der Waals surface area (Å²) in [6.07, 6.45) is 5.48. The normalized spacial score (nSPS) is 14.9. The van der Waals surface area contributed by atoms with Gasteiger partial charge in [0.05, 0.1) is 11.4 Å². The summed E-state index contributed by atoms with van der Waals surface area (Å²) in [7, 11) is 0. The number of benzene rings is 2. The van der Waals surface area contributed by atoms with Crippen molar-refractivity contribution in [1.29, 1.82) is 0 Å². The highest BCUT2D eigenvalue weighted by Crippen LogP contribution is 2.28. The van der Waals surface area contributed by atoms with Crippen LogP contribution in [-0.2, 0) is 12.8 Å². The van der Waals surface area contributed by atoms with Gasteiger partial charge in [0, 0.05) is 29.1 Å². The van der Waals surface area contributed by atoms with Crippen molar-refractivity contribution >= 4 is 17.3 Å². The number of aromatic nitrogens is 1. The molecule has 1 aliphatic rings. The average Bonchev–Trinajstić information content (AvgIpc) is 2.69. The van der Waals surface area contributed by atoms with Crippen LogP contribution < -0.4 is 5.48 Å². The molecule has 2 N–H and O–H groups in total. The number of para-hydroxylation sites is 1. The van der Waals surface area contributed by atoms with Gasteiger partial charge in [0.15, 0.2) is 0 Å². The molecule has 1 aromatic heterocycles. The van der Waals surface area contributed by atoms with Gasteiger partial charge < -0.3 is 0 Å². The Kier molecular flexibility index (Phi) is 4.29. The lowest BCUT2D eigenvalue weighted by Gasteiger charge is -2.17. The highest BCUT2D eigenvalue weighted by atomic mass is 16.5. The average molecular weight is 343 g/mol. The zero-order valence-electron chi connectivity index (χ0n) is 14.0. The molecule has 0 bridgehead atoms. The van der Waals surface area contributed by atoms with Gasteiger partial charge in [-0.05, 0) is 48.2 Å². The van der Waals surface area contributed by atoms with Gasteiger partial charge in [0.25, 0.3) is 5.91 Å². The molecule has 128 valence electrons. The Morgan fingerprint density at radius 3 is 2.54 bits per heavy atom. The molecule has 0 spiro atoms. The number of amides is 1. The first-order chi connectivity index (χ1) is 12.8. The van der Waals surface area contributed by atoms with E-state index in [-0.39, 0.29) is 0 Å². The molecule has 0 unspecified atom stereocenters. The molecule has 1 amide bonds. The van der Waals surface area contributed by atoms with Crippen molar-refractivity contribution < 1.29 is 10.0 Å². The Morgan fingerprint density at radius 1 is 0.962 bits per heavy atom. The van der Waals surface area contributed by atoms with Crippen LogP contribution in [0.4, 0.5) is 5.69 Å². The van der Waals surface area contributed by atoms with E-state index in [1.807, 2.05) is 42.6 Å². The third-order valence-corrected chi connectivity index (χ3v) is 4.57. The molecule has 5 heteroatoms. The molecule has 0 saturated carbocycles. The topological polar surface area (TPSA) is 74.6 Å². The van der Waals surface area contributed by atoms with Gasteiger partial charge in [-0.25, -0.2) is 10.5 Å². The summed E-state index contributed by atoms with van der Waals surface area (Å²) in [6, 6.07) is 17.2. The van der Waals surface area contributed by atoms with Gasteiger partial charge >= 0.3 is 0 Å². The lowest BCUT2D eigenvalue weighted by molar-refractivity contribution is 0.0706. The van der Waals surface area contributed by atoms with Gasteiger partial charge in [0.2, 0.25) is 0 Å². The van der Waals surface area contributed by atoms with Crippen LogP contribution in [0, 0.1) is 0 Å². The lowest BCUT2D eigenvalue weighted by atomic mass is 9.92. The Balaban J connectivity index is 1.87. The van der Waals surface area contributed by atoms with Crippen molar-refractivity contribution in [3.05, 3.63) is 94.8 Å². The van der Waals surface area contributed by atoms with Crippen LogP contribution in [0.5, 0.6) is 0 Å². The van der Waals surface area contributed by atoms with Gasteiger partial charge in [0.1, 0.15) is 0 Å². The second-order valence-electron chi connectivity index (χ2n) is 6.14. The standard InChI is InChI=1S/C21H17N3O2/c25-21(24-26)16-8-6-15(7-9-16)20-18-11-12-22-13-17(18)10-5-14-3-1-2-4-19(14)23-20/h1-4,6-9,11-13,26H,5,10H2,(H,24,25)/b23-20-. The number of aryl methyl sites for hydroxylation is 2. The van der Waals surface area contributed by atoms with E-state index in [2.05, 4.69) is 11.1 Å². The SMILES string of the molecule is O=C(NO)c1ccc(/C2=N/c3ccccc3CCc3cnccc32)cc1. The van der Waals surface area contributed by atoms with Crippen LogP contribution in [0.25, 0.3) is 0 Å². The first kappa shape index (κ1) is 16.2. The zero-order valence-corrected chi connectivity index (χ0v) is 14.0. The monoisotopic (exact) mass is 343 g/mol. The molecule has 4 rings (SSSR count). The smallest absolute Gasteiger partial charge is 0.274 e. The minimum absolute atomic E-state index is 0.387. The number of nitrogens with one attached hydrogen (secondary N) is 1. The van der Waals surface area contributed by atoms with Crippen molar-refractivity contribution in [3.8, 4) is 0 Å². The summed E-state index contributed by atoms with van der Waals surface area (Å²) in [6.45, 7) is 0. The second kappa shape index (κ2) is 6.90. The van der Waals surface area contributed by atoms with E-state index in [1.54, 1.807) is 23.8 Å². The summed E-state index contributed by atoms with van der Waals surface area (Å²) in [4.78, 5) is 20.8. The number of aliphatic imine (C=N–C) groups is 1. The molecular weight excluding hydrogens is 326 g/mol. The fraction of sp³-hybridized carbons (Fsp3) is 0.0952. The molecule has 5 nitrogen and oxygen atoms in total. The third kappa shape index (κ3) is 3.00. The maximum atomic E-state index is 11.6. The Bertz CT molecular complexity index is 994. The number of hydroxylamine groups is 1. The van der Waals surface area contributed by atoms with E-state index >= 15 is 0 Å². The fourth-order valence-corrected chi connectivity index (χ4v) is 3.20. The van der Waals surface area contributed by atoms with Crippen molar-refractivity contribution in [2.75, 3.05) is 0 Å². The van der Waals surface area contributed by atoms with Gasteiger partial charge in [-0.2, -0.15) is 0 Å². The van der Waals surface area contributed by atoms with Crippen molar-refractivity contribution in [3.63, 3.8) is 0 Å². The number of hydrogen-bond acceptors (Lipinski definition) is 4. The van der Waals surface area contributed by atoms with Gasteiger partial charge in [-0.15, -0.1) is 0 Å². The van der Waals surface area contributed by atoms with Crippen LogP contribution in [0.15, 0.2) is 72.0 Å². The summed E-state index contributed by atoms with van der Waals surface area (Å²) in [5.74, 6) is -0.536. The molecule has 2 heterocycles. The van der Waals surface area contributed by atoms with Crippen LogP contribution in [-0.4, -0.2) is 21.8 Å². The molecule has 1 aliphatic heterocycles. The number of rotatable bonds is 2. The number of fused-ring (bicyclic) bond motifs is 2. The zero-order chi connectivity index (χ0) is 17.9. The number of hydrogen-bond donors (Lipinski definition) is 2. The molecule has 0 fully saturated rings. The summed E-state index contributed by atoms with van der Waals surface area (Å²) < 4.78 is 0. The molecule has 0 saturated heterocycles. The van der Waals surface area contributed by atoms with E-state index in [1.165, 1.54) is 5.56 Å². The van der Waals surface area contributed by atoms with Crippen molar-refractivity contribution in [2.24, 2.45) is 4.99 Å². The first-order valence-electron chi connectivity index (χ1n) is 8.41. The largest absolute Gasteiger partial charge is 0.288 e. The molecular formula is C21H17N3O2. The molecule has 26 heavy (non-hydrogen) atoms. The lowest BCUT2D eigenvalue weighted by Crippen LogP contribution is -2.18. The van der Waals surface area contributed by atoms with E-state index in [9.17, 15) is 4.79 Å². The highest BCUT2D eigenvalue weighted by Gasteiger charge is 2.17. The van der Waals surface area contributed by atoms with Crippen LogP contribution >= 0.6 is 0 Å².